The molecule has 4 heteroatoms. The van der Waals surface area contributed by atoms with Gasteiger partial charge in [-0.1, -0.05) is 38.1 Å². The molecule has 0 spiro atoms. The molecule has 0 aliphatic carbocycles. The van der Waals surface area contributed by atoms with Crippen LogP contribution in [0.1, 0.15) is 25.8 Å². The largest absolute Gasteiger partial charge is 0.352 e. The van der Waals surface area contributed by atoms with Crippen LogP contribution in [0.25, 0.3) is 10.9 Å². The van der Waals surface area contributed by atoms with Crippen LogP contribution in [0, 0.1) is 5.41 Å². The fourth-order valence-corrected chi connectivity index (χ4v) is 3.11. The molecule has 0 atom stereocenters. The van der Waals surface area contributed by atoms with Gasteiger partial charge in [0, 0.05) is 38.3 Å². The van der Waals surface area contributed by atoms with Crippen molar-refractivity contribution in [2.24, 2.45) is 10.4 Å². The molecule has 1 saturated heterocycles. The number of hydrogen-bond donors (Lipinski definition) is 1. The summed E-state index contributed by atoms with van der Waals surface area (Å²) in [4.78, 5) is 11.3. The zero-order valence-electron chi connectivity index (χ0n) is 13.6. The van der Waals surface area contributed by atoms with Crippen molar-refractivity contribution >= 4 is 16.9 Å². The molecule has 1 N–H and O–H groups in total. The average molecular weight is 296 g/mol. The van der Waals surface area contributed by atoms with Gasteiger partial charge in [0.15, 0.2) is 5.96 Å². The second-order valence-corrected chi connectivity index (χ2v) is 6.73. The number of nitrogens with zero attached hydrogens (tertiary/aromatic N) is 3. The molecule has 22 heavy (non-hydrogen) atoms. The van der Waals surface area contributed by atoms with E-state index in [1.807, 2.05) is 19.3 Å². The third-order valence-corrected chi connectivity index (χ3v) is 4.34. The lowest BCUT2D eigenvalue weighted by Gasteiger charge is -2.23. The molecule has 1 fully saturated rings. The first-order valence-electron chi connectivity index (χ1n) is 7.87. The summed E-state index contributed by atoms with van der Waals surface area (Å²) >= 11 is 0. The number of nitrogens with one attached hydrogen (secondary N) is 1. The van der Waals surface area contributed by atoms with E-state index < -0.39 is 0 Å². The van der Waals surface area contributed by atoms with Crippen molar-refractivity contribution in [3.63, 3.8) is 0 Å². The average Bonchev–Trinajstić information content (AvgIpc) is 2.88. The summed E-state index contributed by atoms with van der Waals surface area (Å²) in [6.45, 7) is 7.50. The van der Waals surface area contributed by atoms with Crippen LogP contribution < -0.4 is 5.32 Å². The smallest absolute Gasteiger partial charge is 0.193 e. The topological polar surface area (TPSA) is 40.5 Å². The van der Waals surface area contributed by atoms with Crippen LogP contribution in [0.15, 0.2) is 41.5 Å². The Hall–Kier alpha value is -2.10. The van der Waals surface area contributed by atoms with Crippen LogP contribution in [0.2, 0.25) is 0 Å². The number of pyridine rings is 1. The second-order valence-electron chi connectivity index (χ2n) is 6.73. The van der Waals surface area contributed by atoms with E-state index in [-0.39, 0.29) is 0 Å². The zero-order valence-corrected chi connectivity index (χ0v) is 13.6. The summed E-state index contributed by atoms with van der Waals surface area (Å²) in [5.74, 6) is 0.985. The van der Waals surface area contributed by atoms with Crippen molar-refractivity contribution in [2.45, 2.75) is 26.8 Å². The molecule has 0 unspecified atom stereocenters. The fraction of sp³-hybridized carbons (Fsp3) is 0.444. The van der Waals surface area contributed by atoms with E-state index in [4.69, 9.17) is 0 Å². The summed E-state index contributed by atoms with van der Waals surface area (Å²) in [6, 6.07) is 10.4. The Morgan fingerprint density at radius 2 is 2.14 bits per heavy atom. The molecule has 2 heterocycles. The molecule has 0 saturated carbocycles. The highest BCUT2D eigenvalue weighted by Gasteiger charge is 2.30. The van der Waals surface area contributed by atoms with E-state index in [1.165, 1.54) is 17.4 Å². The van der Waals surface area contributed by atoms with Gasteiger partial charge in [-0.15, -0.1) is 0 Å². The first-order valence-corrected chi connectivity index (χ1v) is 7.87. The summed E-state index contributed by atoms with van der Waals surface area (Å²) in [6.07, 6.45) is 3.06. The highest BCUT2D eigenvalue weighted by atomic mass is 15.3. The lowest BCUT2D eigenvalue weighted by Crippen LogP contribution is -2.40. The van der Waals surface area contributed by atoms with Gasteiger partial charge in [-0.25, -0.2) is 0 Å². The SMILES string of the molecule is CN=C(NCc1cccc2cccnc12)N1CCC(C)(C)C1. The fourth-order valence-electron chi connectivity index (χ4n) is 3.11. The van der Waals surface area contributed by atoms with Gasteiger partial charge in [-0.05, 0) is 23.5 Å². The third-order valence-electron chi connectivity index (χ3n) is 4.34. The summed E-state index contributed by atoms with van der Waals surface area (Å²) in [7, 11) is 1.86. The third kappa shape index (κ3) is 3.06. The van der Waals surface area contributed by atoms with Crippen molar-refractivity contribution in [2.75, 3.05) is 20.1 Å². The lowest BCUT2D eigenvalue weighted by atomic mass is 9.93. The minimum atomic E-state index is 0.374. The molecule has 1 aliphatic rings. The van der Waals surface area contributed by atoms with Crippen molar-refractivity contribution in [3.05, 3.63) is 42.1 Å². The van der Waals surface area contributed by atoms with E-state index in [9.17, 15) is 0 Å². The molecule has 3 rings (SSSR count). The van der Waals surface area contributed by atoms with Crippen LogP contribution in [0.4, 0.5) is 0 Å². The predicted octanol–water partition coefficient (Wildman–Crippen LogP) is 3.04. The van der Waals surface area contributed by atoms with Crippen molar-refractivity contribution in [1.82, 2.24) is 15.2 Å². The van der Waals surface area contributed by atoms with Crippen LogP contribution in [-0.2, 0) is 6.54 Å². The second kappa shape index (κ2) is 5.95. The standard InChI is InChI=1S/C18H24N4/c1-18(2)9-11-22(13-18)17(19-3)21-12-15-7-4-6-14-8-5-10-20-16(14)15/h4-8,10H,9,11-13H2,1-3H3,(H,19,21). The number of likely N-dealkylation sites (tertiary alicyclic amines) is 1. The maximum absolute atomic E-state index is 4.51. The number of rotatable bonds is 2. The minimum Gasteiger partial charge on any atom is -0.352 e. The number of hydrogen-bond acceptors (Lipinski definition) is 2. The predicted molar refractivity (Wildman–Crippen MR) is 91.9 cm³/mol. The van der Waals surface area contributed by atoms with Gasteiger partial charge >= 0.3 is 0 Å². The van der Waals surface area contributed by atoms with Crippen LogP contribution in [-0.4, -0.2) is 36.0 Å². The molecule has 2 aromatic rings. The molecule has 0 radical (unpaired) electrons. The van der Waals surface area contributed by atoms with Gasteiger partial charge in [0.1, 0.15) is 0 Å². The molecular weight excluding hydrogens is 272 g/mol. The summed E-state index contributed by atoms with van der Waals surface area (Å²) < 4.78 is 0. The molecule has 0 amide bonds. The van der Waals surface area contributed by atoms with Gasteiger partial charge in [-0.2, -0.15) is 0 Å². The van der Waals surface area contributed by atoms with E-state index in [0.717, 1.165) is 31.1 Å². The van der Waals surface area contributed by atoms with Gasteiger partial charge in [0.25, 0.3) is 0 Å². The van der Waals surface area contributed by atoms with Crippen LogP contribution >= 0.6 is 0 Å². The molecule has 0 bridgehead atoms. The molecule has 1 aromatic heterocycles. The van der Waals surface area contributed by atoms with Gasteiger partial charge in [0.2, 0.25) is 0 Å². The number of benzene rings is 1. The van der Waals surface area contributed by atoms with E-state index in [1.54, 1.807) is 0 Å². The lowest BCUT2D eigenvalue weighted by molar-refractivity contribution is 0.370. The molecular formula is C18H24N4. The quantitative estimate of drug-likeness (QED) is 0.684. The summed E-state index contributed by atoms with van der Waals surface area (Å²) in [5, 5.41) is 4.67. The number of aliphatic imine (C=N–C) groups is 1. The Morgan fingerprint density at radius 3 is 2.86 bits per heavy atom. The van der Waals surface area contributed by atoms with E-state index >= 15 is 0 Å². The highest BCUT2D eigenvalue weighted by Crippen LogP contribution is 2.28. The Labute approximate surface area is 132 Å². The van der Waals surface area contributed by atoms with Crippen molar-refractivity contribution in [3.8, 4) is 0 Å². The maximum atomic E-state index is 4.51. The number of para-hydroxylation sites is 1. The Kier molecular flexibility index (Phi) is 4.01. The highest BCUT2D eigenvalue weighted by molar-refractivity contribution is 5.83. The maximum Gasteiger partial charge on any atom is 0.193 e. The number of aromatic nitrogens is 1. The van der Waals surface area contributed by atoms with Crippen LogP contribution in [0.3, 0.4) is 0 Å². The Morgan fingerprint density at radius 1 is 1.32 bits per heavy atom. The minimum absolute atomic E-state index is 0.374. The van der Waals surface area contributed by atoms with Gasteiger partial charge in [-0.3, -0.25) is 9.98 Å². The van der Waals surface area contributed by atoms with Gasteiger partial charge in [0.05, 0.1) is 5.52 Å². The van der Waals surface area contributed by atoms with E-state index in [0.29, 0.717) is 5.41 Å². The molecule has 4 nitrogen and oxygen atoms in total. The molecule has 1 aliphatic heterocycles. The monoisotopic (exact) mass is 296 g/mol. The Balaban J connectivity index is 1.73. The summed E-state index contributed by atoms with van der Waals surface area (Å²) in [5.41, 5.74) is 2.64. The van der Waals surface area contributed by atoms with Crippen molar-refractivity contribution in [1.29, 1.82) is 0 Å². The molecule has 1 aromatic carbocycles. The van der Waals surface area contributed by atoms with Crippen molar-refractivity contribution < 1.29 is 0 Å². The molecule has 116 valence electrons. The Bertz CT molecular complexity index is 685. The van der Waals surface area contributed by atoms with Crippen LogP contribution in [0.5, 0.6) is 0 Å². The van der Waals surface area contributed by atoms with Gasteiger partial charge < -0.3 is 10.2 Å². The zero-order chi connectivity index (χ0) is 15.6. The first kappa shape index (κ1) is 14.8. The van der Waals surface area contributed by atoms with E-state index in [2.05, 4.69) is 58.3 Å². The number of guanidine groups is 1. The normalized spacial score (nSPS) is 18.0. The first-order chi connectivity index (χ1) is 10.6. The number of fused-ring (bicyclic) bond motifs is 1.